The summed E-state index contributed by atoms with van der Waals surface area (Å²) in [7, 11) is 0. The summed E-state index contributed by atoms with van der Waals surface area (Å²) in [6.45, 7) is 10.2. The van der Waals surface area contributed by atoms with Gasteiger partial charge in [0.25, 0.3) is 5.91 Å². The fourth-order valence-electron chi connectivity index (χ4n) is 2.83. The Morgan fingerprint density at radius 1 is 1.23 bits per heavy atom. The molecule has 2 aromatic rings. The van der Waals surface area contributed by atoms with Crippen molar-refractivity contribution in [1.29, 1.82) is 0 Å². The predicted molar refractivity (Wildman–Crippen MR) is 122 cm³/mol. The molecule has 0 aliphatic carbocycles. The highest BCUT2D eigenvalue weighted by Gasteiger charge is 2.18. The van der Waals surface area contributed by atoms with Crippen molar-refractivity contribution in [1.82, 2.24) is 26.0 Å². The molecule has 5 N–H and O–H groups in total. The maximum absolute atomic E-state index is 12.9. The van der Waals surface area contributed by atoms with Crippen molar-refractivity contribution < 1.29 is 4.79 Å². The zero-order valence-electron chi connectivity index (χ0n) is 17.9. The molecule has 1 aromatic heterocycles. The van der Waals surface area contributed by atoms with Gasteiger partial charge in [-0.3, -0.25) is 15.2 Å². The number of hydrazine groups is 1. The number of amides is 1. The molecule has 0 aliphatic heterocycles. The minimum absolute atomic E-state index is 0.0962. The second-order valence-corrected chi connectivity index (χ2v) is 7.88. The summed E-state index contributed by atoms with van der Waals surface area (Å²) < 4.78 is 0. The molecular weight excluding hydrogens is 402 g/mol. The smallest absolute Gasteiger partial charge is 0.269 e. The number of nitrogens with one attached hydrogen (secondary N) is 3. The van der Waals surface area contributed by atoms with Crippen molar-refractivity contribution in [3.8, 4) is 0 Å². The molecule has 0 saturated carbocycles. The summed E-state index contributed by atoms with van der Waals surface area (Å²) in [5.74, 6) is 0.493. The van der Waals surface area contributed by atoms with Crippen molar-refractivity contribution in [3.63, 3.8) is 0 Å². The normalized spacial score (nSPS) is 11.0. The second kappa shape index (κ2) is 12.3. The highest BCUT2D eigenvalue weighted by atomic mass is 35.5. The number of anilines is 2. The van der Waals surface area contributed by atoms with Crippen molar-refractivity contribution >= 4 is 29.3 Å². The number of nitrogens with zero attached hydrogens (tertiary/aromatic N) is 3. The highest BCUT2D eigenvalue weighted by molar-refractivity contribution is 6.32. The number of nitrogens with two attached hydrogens (primary N) is 1. The molecule has 0 spiro atoms. The molecule has 0 radical (unpaired) electrons. The van der Waals surface area contributed by atoms with E-state index in [1.807, 2.05) is 32.0 Å². The lowest BCUT2D eigenvalue weighted by Gasteiger charge is -2.26. The van der Waals surface area contributed by atoms with Crippen LogP contribution < -0.4 is 26.8 Å². The van der Waals surface area contributed by atoms with Gasteiger partial charge in [-0.2, -0.15) is 4.98 Å². The molecule has 1 heterocycles. The van der Waals surface area contributed by atoms with Crippen LogP contribution in [0.3, 0.4) is 0 Å². The van der Waals surface area contributed by atoms with Gasteiger partial charge < -0.3 is 16.4 Å². The van der Waals surface area contributed by atoms with Gasteiger partial charge in [-0.25, -0.2) is 4.98 Å². The highest BCUT2D eigenvalue weighted by Crippen LogP contribution is 2.23. The molecule has 164 valence electrons. The number of nitrogen functional groups attached to an aromatic ring is 1. The van der Waals surface area contributed by atoms with Gasteiger partial charge in [0.15, 0.2) is 5.82 Å². The van der Waals surface area contributed by atoms with E-state index in [2.05, 4.69) is 33.0 Å². The molecule has 1 aromatic carbocycles. The van der Waals surface area contributed by atoms with Crippen molar-refractivity contribution in [3.05, 3.63) is 46.6 Å². The molecule has 2 rings (SSSR count). The van der Waals surface area contributed by atoms with Gasteiger partial charge in [0.1, 0.15) is 5.02 Å². The molecular formula is C21H32ClN7O. The van der Waals surface area contributed by atoms with Crippen LogP contribution in [0.1, 0.15) is 43.1 Å². The average Bonchev–Trinajstić information content (AvgIpc) is 2.71. The number of carbonyl (C=O) groups excluding carboxylic acids is 1. The summed E-state index contributed by atoms with van der Waals surface area (Å²) in [4.78, 5) is 21.0. The Morgan fingerprint density at radius 3 is 2.73 bits per heavy atom. The van der Waals surface area contributed by atoms with Crippen molar-refractivity contribution in [2.75, 3.05) is 36.9 Å². The molecule has 9 heteroatoms. The van der Waals surface area contributed by atoms with E-state index in [4.69, 9.17) is 17.3 Å². The van der Waals surface area contributed by atoms with E-state index in [0.717, 1.165) is 31.6 Å². The van der Waals surface area contributed by atoms with E-state index in [-0.39, 0.29) is 17.8 Å². The van der Waals surface area contributed by atoms with Gasteiger partial charge in [0.05, 0.1) is 6.20 Å². The number of carbonyl (C=O) groups is 1. The minimum atomic E-state index is -0.240. The molecule has 0 aliphatic rings. The molecule has 0 saturated heterocycles. The molecule has 0 atom stereocenters. The second-order valence-electron chi connectivity index (χ2n) is 7.47. The monoisotopic (exact) mass is 433 g/mol. The topological polar surface area (TPSA) is 108 Å². The Bertz CT molecular complexity index is 816. The first-order valence-corrected chi connectivity index (χ1v) is 10.7. The summed E-state index contributed by atoms with van der Waals surface area (Å²) >= 11 is 6.24. The third-order valence-electron chi connectivity index (χ3n) is 4.21. The van der Waals surface area contributed by atoms with Gasteiger partial charge in [0.2, 0.25) is 5.95 Å². The van der Waals surface area contributed by atoms with Crippen LogP contribution in [0.2, 0.25) is 5.02 Å². The number of rotatable bonds is 12. The summed E-state index contributed by atoms with van der Waals surface area (Å²) in [5.41, 5.74) is 10.2. The largest absolute Gasteiger partial charge is 0.368 e. The summed E-state index contributed by atoms with van der Waals surface area (Å²) in [5, 5.41) is 8.67. The van der Waals surface area contributed by atoms with Gasteiger partial charge in [-0.15, -0.1) is 0 Å². The Balaban J connectivity index is 2.04. The lowest BCUT2D eigenvalue weighted by atomic mass is 10.1. The fraction of sp³-hybridized carbons (Fsp3) is 0.476. The zero-order valence-corrected chi connectivity index (χ0v) is 18.7. The van der Waals surface area contributed by atoms with E-state index in [0.29, 0.717) is 29.5 Å². The maximum atomic E-state index is 12.9. The van der Waals surface area contributed by atoms with Crippen molar-refractivity contribution in [2.45, 2.75) is 33.7 Å². The Labute approximate surface area is 183 Å². The van der Waals surface area contributed by atoms with Gasteiger partial charge in [-0.05, 0) is 36.6 Å². The van der Waals surface area contributed by atoms with Crippen LogP contribution in [-0.4, -0.2) is 42.1 Å². The molecule has 8 nitrogen and oxygen atoms in total. The number of aromatic nitrogens is 2. The lowest BCUT2D eigenvalue weighted by Crippen LogP contribution is -2.45. The summed E-state index contributed by atoms with van der Waals surface area (Å²) in [6.07, 6.45) is 2.55. The molecule has 1 amide bonds. The lowest BCUT2D eigenvalue weighted by molar-refractivity contribution is 0.0947. The summed E-state index contributed by atoms with van der Waals surface area (Å²) in [6, 6.07) is 7.54. The van der Waals surface area contributed by atoms with Crippen LogP contribution in [0.5, 0.6) is 0 Å². The van der Waals surface area contributed by atoms with Crippen molar-refractivity contribution in [2.24, 2.45) is 5.92 Å². The van der Waals surface area contributed by atoms with E-state index in [9.17, 15) is 4.79 Å². The average molecular weight is 434 g/mol. The maximum Gasteiger partial charge on any atom is 0.269 e. The third-order valence-corrected chi connectivity index (χ3v) is 4.47. The van der Waals surface area contributed by atoms with Crippen LogP contribution >= 0.6 is 11.6 Å². The first-order valence-electron chi connectivity index (χ1n) is 10.3. The molecule has 0 fully saturated rings. The number of halogens is 1. The molecule has 30 heavy (non-hydrogen) atoms. The van der Waals surface area contributed by atoms with Crippen LogP contribution in [-0.2, 0) is 6.54 Å². The van der Waals surface area contributed by atoms with Crippen LogP contribution in [0.15, 0.2) is 30.5 Å². The number of hydrogen-bond donors (Lipinski definition) is 4. The quantitative estimate of drug-likeness (QED) is 0.301. The minimum Gasteiger partial charge on any atom is -0.368 e. The van der Waals surface area contributed by atoms with E-state index in [1.54, 1.807) is 11.1 Å². The third kappa shape index (κ3) is 7.78. The standard InChI is InChI=1S/C21H32ClN7O/c1-4-8-24-9-10-25-12-16-6-5-7-17(11-16)20(30)28-29(14-15(2)3)19-18(22)13-26-21(23)27-19/h5-7,11,13,15,24-25H,4,8-10,12,14H2,1-3H3,(H,28,30)(H2,23,26,27). The predicted octanol–water partition coefficient (Wildman–Crippen LogP) is 2.61. The Morgan fingerprint density at radius 2 is 2.00 bits per heavy atom. The van der Waals surface area contributed by atoms with Crippen LogP contribution in [0, 0.1) is 5.92 Å². The van der Waals surface area contributed by atoms with E-state index in [1.165, 1.54) is 6.20 Å². The Hall–Kier alpha value is -2.42. The van der Waals surface area contributed by atoms with Crippen LogP contribution in [0.4, 0.5) is 11.8 Å². The first kappa shape index (κ1) is 23.9. The molecule has 0 bridgehead atoms. The SMILES string of the molecule is CCCNCCNCc1cccc(C(=O)NN(CC(C)C)c2nc(N)ncc2Cl)c1. The number of hydrogen-bond acceptors (Lipinski definition) is 7. The zero-order chi connectivity index (χ0) is 21.9. The van der Waals surface area contributed by atoms with Gasteiger partial charge >= 0.3 is 0 Å². The van der Waals surface area contributed by atoms with Crippen LogP contribution in [0.25, 0.3) is 0 Å². The van der Waals surface area contributed by atoms with E-state index < -0.39 is 0 Å². The number of benzene rings is 1. The van der Waals surface area contributed by atoms with Gasteiger partial charge in [-0.1, -0.05) is 44.5 Å². The van der Waals surface area contributed by atoms with Gasteiger partial charge in [0, 0.05) is 31.7 Å². The fourth-order valence-corrected chi connectivity index (χ4v) is 3.02. The molecule has 0 unspecified atom stereocenters. The first-order chi connectivity index (χ1) is 14.4. The Kier molecular flexibility index (Phi) is 9.79. The van der Waals surface area contributed by atoms with E-state index >= 15 is 0 Å².